The van der Waals surface area contributed by atoms with Gasteiger partial charge in [0.15, 0.2) is 0 Å². The van der Waals surface area contributed by atoms with Crippen molar-refractivity contribution in [2.24, 2.45) is 0 Å². The second kappa shape index (κ2) is 11.6. The molecule has 0 aromatic heterocycles. The van der Waals surface area contributed by atoms with E-state index in [1.807, 2.05) is 13.8 Å². The molecule has 8 nitrogen and oxygen atoms in total. The van der Waals surface area contributed by atoms with Crippen LogP contribution in [0.15, 0.2) is 72.8 Å². The second-order valence-electron chi connectivity index (χ2n) is 7.72. The zero-order valence-corrected chi connectivity index (χ0v) is 21.0. The fourth-order valence-corrected chi connectivity index (χ4v) is 3.35. The topological polar surface area (TPSA) is 119 Å². The second-order valence-corrected chi connectivity index (χ2v) is 8.96. The highest BCUT2D eigenvalue weighted by Gasteiger charge is 2.41. The number of hydrogen-bond donors (Lipinski definition) is 2. The van der Waals surface area contributed by atoms with E-state index >= 15 is 0 Å². The molecule has 0 bridgehead atoms. The van der Waals surface area contributed by atoms with Crippen molar-refractivity contribution in [1.29, 1.82) is 0 Å². The monoisotopic (exact) mass is 587 g/mol. The van der Waals surface area contributed by atoms with E-state index in [2.05, 4.69) is 27.9 Å². The highest BCUT2D eigenvalue weighted by Crippen LogP contribution is 2.17. The van der Waals surface area contributed by atoms with Crippen LogP contribution in [0.4, 0.5) is 5.69 Å². The van der Waals surface area contributed by atoms with Gasteiger partial charge in [0.2, 0.25) is 12.2 Å². The maximum atomic E-state index is 13.1. The Morgan fingerprint density at radius 1 is 0.714 bits per heavy atom. The zero-order valence-electron chi connectivity index (χ0n) is 18.9. The van der Waals surface area contributed by atoms with Gasteiger partial charge in [0.25, 0.3) is 5.91 Å². The van der Waals surface area contributed by atoms with Gasteiger partial charge in [-0.3, -0.25) is 4.79 Å². The minimum atomic E-state index is -2.10. The molecule has 2 atom stereocenters. The molecule has 0 aliphatic carbocycles. The number of nitrogens with one attached hydrogen (secondary N) is 1. The van der Waals surface area contributed by atoms with E-state index in [9.17, 15) is 24.3 Å². The summed E-state index contributed by atoms with van der Waals surface area (Å²) in [5, 5.41) is 12.3. The summed E-state index contributed by atoms with van der Waals surface area (Å²) < 4.78 is 11.4. The quantitative estimate of drug-likeness (QED) is 0.297. The first kappa shape index (κ1) is 25.9. The molecule has 0 heterocycles. The number of aliphatic carboxylic acids is 1. The number of anilines is 1. The number of benzene rings is 3. The largest absolute Gasteiger partial charge is 0.478 e. The molecule has 0 fully saturated rings. The number of carboxylic acid groups (broad SMARTS) is 1. The Labute approximate surface area is 215 Å². The van der Waals surface area contributed by atoms with E-state index in [1.54, 1.807) is 48.5 Å². The fraction of sp³-hybridized carbons (Fsp3) is 0.154. The summed E-state index contributed by atoms with van der Waals surface area (Å²) in [6.07, 6.45) is -4.06. The molecule has 2 N–H and O–H groups in total. The molecular weight excluding hydrogens is 565 g/mol. The fourth-order valence-electron chi connectivity index (χ4n) is 2.99. The molecule has 35 heavy (non-hydrogen) atoms. The summed E-state index contributed by atoms with van der Waals surface area (Å²) in [4.78, 5) is 50.5. The van der Waals surface area contributed by atoms with Gasteiger partial charge >= 0.3 is 17.9 Å². The molecule has 9 heteroatoms. The van der Waals surface area contributed by atoms with Gasteiger partial charge in [-0.25, -0.2) is 14.4 Å². The predicted molar refractivity (Wildman–Crippen MR) is 136 cm³/mol. The van der Waals surface area contributed by atoms with E-state index in [4.69, 9.17) is 9.47 Å². The van der Waals surface area contributed by atoms with Crippen molar-refractivity contribution in [3.05, 3.63) is 98.6 Å². The van der Waals surface area contributed by atoms with Crippen LogP contribution in [0.25, 0.3) is 0 Å². The minimum absolute atomic E-state index is 0.0866. The van der Waals surface area contributed by atoms with Crippen molar-refractivity contribution in [1.82, 2.24) is 0 Å². The van der Waals surface area contributed by atoms with Crippen molar-refractivity contribution in [2.45, 2.75) is 26.1 Å². The summed E-state index contributed by atoms with van der Waals surface area (Å²) in [6, 6.07) is 19.2. The first-order valence-electron chi connectivity index (χ1n) is 10.5. The molecular formula is C26H22INO7. The highest BCUT2D eigenvalue weighted by molar-refractivity contribution is 14.1. The predicted octanol–water partition coefficient (Wildman–Crippen LogP) is 4.38. The maximum Gasteiger partial charge on any atom is 0.349 e. The summed E-state index contributed by atoms with van der Waals surface area (Å²) in [5.74, 6) is -4.53. The Hall–Kier alpha value is -3.73. The summed E-state index contributed by atoms with van der Waals surface area (Å²) in [7, 11) is 0. The number of hydrogen-bond acceptors (Lipinski definition) is 6. The summed E-state index contributed by atoms with van der Waals surface area (Å²) in [5.41, 5.74) is 2.32. The van der Waals surface area contributed by atoms with Crippen LogP contribution in [0.3, 0.4) is 0 Å². The first-order valence-corrected chi connectivity index (χ1v) is 11.6. The van der Waals surface area contributed by atoms with Gasteiger partial charge in [0.1, 0.15) is 0 Å². The highest BCUT2D eigenvalue weighted by atomic mass is 127. The third-order valence-electron chi connectivity index (χ3n) is 4.93. The number of amides is 1. The van der Waals surface area contributed by atoms with Gasteiger partial charge in [-0.15, -0.1) is 0 Å². The van der Waals surface area contributed by atoms with E-state index in [-0.39, 0.29) is 11.1 Å². The summed E-state index contributed by atoms with van der Waals surface area (Å²) >= 11 is 2.09. The number of aryl methyl sites for hydroxylation is 2. The number of esters is 2. The lowest BCUT2D eigenvalue weighted by molar-refractivity contribution is -0.157. The average Bonchev–Trinajstić information content (AvgIpc) is 2.83. The zero-order chi connectivity index (χ0) is 25.5. The van der Waals surface area contributed by atoms with E-state index in [0.29, 0.717) is 5.69 Å². The van der Waals surface area contributed by atoms with E-state index in [0.717, 1.165) is 14.7 Å². The van der Waals surface area contributed by atoms with Crippen LogP contribution in [0, 0.1) is 17.4 Å². The Morgan fingerprint density at radius 2 is 1.14 bits per heavy atom. The van der Waals surface area contributed by atoms with Crippen molar-refractivity contribution >= 4 is 52.1 Å². The van der Waals surface area contributed by atoms with Crippen molar-refractivity contribution in [2.75, 3.05) is 5.32 Å². The molecule has 0 aliphatic heterocycles. The van der Waals surface area contributed by atoms with Gasteiger partial charge in [-0.1, -0.05) is 35.4 Å². The normalized spacial score (nSPS) is 12.2. The number of carbonyl (C=O) groups excluding carboxylic acids is 3. The molecule has 0 saturated heterocycles. The van der Waals surface area contributed by atoms with Crippen LogP contribution in [0.2, 0.25) is 0 Å². The lowest BCUT2D eigenvalue weighted by Crippen LogP contribution is -2.48. The Kier molecular flexibility index (Phi) is 8.58. The van der Waals surface area contributed by atoms with Crippen LogP contribution >= 0.6 is 22.6 Å². The SMILES string of the molecule is Cc1ccc(C(=O)O[C@@H](C(=O)O)[C@@H](OC(=O)c2ccc(C)cc2)C(=O)Nc2ccc(I)cc2)cc1. The Morgan fingerprint density at radius 3 is 1.57 bits per heavy atom. The number of carbonyl (C=O) groups is 4. The van der Waals surface area contributed by atoms with Crippen LogP contribution in [0.1, 0.15) is 31.8 Å². The molecule has 1 amide bonds. The molecule has 0 radical (unpaired) electrons. The maximum absolute atomic E-state index is 13.1. The molecule has 180 valence electrons. The molecule has 0 aliphatic rings. The lowest BCUT2D eigenvalue weighted by atomic mass is 10.1. The third-order valence-corrected chi connectivity index (χ3v) is 5.65. The van der Waals surface area contributed by atoms with Crippen LogP contribution in [0.5, 0.6) is 0 Å². The van der Waals surface area contributed by atoms with Crippen LogP contribution < -0.4 is 5.32 Å². The summed E-state index contributed by atoms with van der Waals surface area (Å²) in [6.45, 7) is 3.65. The Balaban J connectivity index is 1.90. The van der Waals surface area contributed by atoms with Crippen molar-refractivity contribution in [3.63, 3.8) is 0 Å². The van der Waals surface area contributed by atoms with Gasteiger partial charge in [0, 0.05) is 9.26 Å². The number of rotatable bonds is 8. The van der Waals surface area contributed by atoms with Gasteiger partial charge < -0.3 is 19.9 Å². The average molecular weight is 587 g/mol. The van der Waals surface area contributed by atoms with E-state index in [1.165, 1.54) is 24.3 Å². The number of ether oxygens (including phenoxy) is 2. The van der Waals surface area contributed by atoms with Crippen molar-refractivity contribution in [3.8, 4) is 0 Å². The number of carboxylic acids is 1. The molecule has 3 aromatic carbocycles. The van der Waals surface area contributed by atoms with Gasteiger partial charge in [0.05, 0.1) is 11.1 Å². The smallest absolute Gasteiger partial charge is 0.349 e. The van der Waals surface area contributed by atoms with E-state index < -0.39 is 36.0 Å². The van der Waals surface area contributed by atoms with Crippen molar-refractivity contribution < 1.29 is 33.8 Å². The first-order chi connectivity index (χ1) is 16.6. The third kappa shape index (κ3) is 7.12. The number of halogens is 1. The van der Waals surface area contributed by atoms with Crippen LogP contribution in [-0.2, 0) is 19.1 Å². The van der Waals surface area contributed by atoms with Gasteiger partial charge in [-0.2, -0.15) is 0 Å². The molecule has 0 spiro atoms. The lowest BCUT2D eigenvalue weighted by Gasteiger charge is -2.23. The molecule has 0 unspecified atom stereocenters. The van der Waals surface area contributed by atoms with Gasteiger partial charge in [-0.05, 0) is 85.0 Å². The minimum Gasteiger partial charge on any atom is -0.478 e. The molecule has 3 rings (SSSR count). The standard InChI is InChI=1S/C26H22INO7/c1-15-3-7-17(8-4-15)25(32)34-21(23(29)28-20-13-11-19(27)12-14-20)22(24(30)31)35-26(33)18-9-5-16(2)6-10-18/h3-14,21-22H,1-2H3,(H,28,29)(H,30,31)/t21-,22-/m1/s1. The molecule has 3 aromatic rings. The molecule has 0 saturated carbocycles. The Bertz CT molecular complexity index is 1220. The van der Waals surface area contributed by atoms with Crippen LogP contribution in [-0.4, -0.2) is 41.1 Å².